The zero-order chi connectivity index (χ0) is 18.6. The van der Waals surface area contributed by atoms with Gasteiger partial charge in [0.1, 0.15) is 0 Å². The number of amides is 1. The molecule has 2 heterocycles. The average Bonchev–Trinajstić information content (AvgIpc) is 3.13. The van der Waals surface area contributed by atoms with Crippen LogP contribution in [-0.2, 0) is 11.2 Å². The van der Waals surface area contributed by atoms with Gasteiger partial charge in [0.15, 0.2) is 0 Å². The fourth-order valence-corrected chi connectivity index (χ4v) is 3.97. The second-order valence-electron chi connectivity index (χ2n) is 7.35. The molecular weight excluding hydrogens is 332 g/mol. The Kier molecular flexibility index (Phi) is 5.10. The summed E-state index contributed by atoms with van der Waals surface area (Å²) in [6.45, 7) is 3.68. The largest absolute Gasteiger partial charge is 0.361 e. The highest BCUT2D eigenvalue weighted by Gasteiger charge is 2.17. The first-order chi connectivity index (χ1) is 13.2. The van der Waals surface area contributed by atoms with Crippen LogP contribution in [0.3, 0.4) is 0 Å². The number of nitrogens with one attached hydrogen (secondary N) is 1. The first-order valence-electron chi connectivity index (χ1n) is 9.80. The molecule has 1 aliphatic rings. The standard InChI is InChI=1S/C24H26N2O/c1-18-7-5-11-22-21(17-25-24(18)22)10-6-12-23(27)26-15-13-20(14-16-26)19-8-3-2-4-9-19/h2-5,7-9,11,13,17,25H,6,10,12,14-16H2,1H3. The number of hydrogen-bond acceptors (Lipinski definition) is 1. The number of H-pyrrole nitrogens is 1. The predicted molar refractivity (Wildman–Crippen MR) is 112 cm³/mol. The van der Waals surface area contributed by atoms with Crippen LogP contribution in [0.4, 0.5) is 0 Å². The summed E-state index contributed by atoms with van der Waals surface area (Å²) in [5, 5.41) is 1.29. The maximum absolute atomic E-state index is 12.6. The number of benzene rings is 2. The number of hydrogen-bond donors (Lipinski definition) is 1. The molecule has 3 aromatic rings. The third kappa shape index (κ3) is 3.82. The van der Waals surface area contributed by atoms with Gasteiger partial charge < -0.3 is 9.88 Å². The quantitative estimate of drug-likeness (QED) is 0.675. The molecule has 0 aliphatic carbocycles. The van der Waals surface area contributed by atoms with Gasteiger partial charge in [0, 0.05) is 36.6 Å². The zero-order valence-corrected chi connectivity index (χ0v) is 15.9. The van der Waals surface area contributed by atoms with E-state index in [4.69, 9.17) is 0 Å². The molecular formula is C24H26N2O. The first-order valence-corrected chi connectivity index (χ1v) is 9.80. The Morgan fingerprint density at radius 3 is 2.74 bits per heavy atom. The summed E-state index contributed by atoms with van der Waals surface area (Å²) in [5.41, 5.74) is 6.43. The van der Waals surface area contributed by atoms with Gasteiger partial charge in [0.2, 0.25) is 5.91 Å². The molecule has 3 nitrogen and oxygen atoms in total. The maximum atomic E-state index is 12.6. The second kappa shape index (κ2) is 7.83. The summed E-state index contributed by atoms with van der Waals surface area (Å²) < 4.78 is 0. The normalized spacial score (nSPS) is 14.4. The van der Waals surface area contributed by atoms with Gasteiger partial charge in [-0.1, -0.05) is 54.6 Å². The lowest BCUT2D eigenvalue weighted by molar-refractivity contribution is -0.130. The lowest BCUT2D eigenvalue weighted by Gasteiger charge is -2.26. The fraction of sp³-hybridized carbons (Fsp3) is 0.292. The number of fused-ring (bicyclic) bond motifs is 1. The van der Waals surface area contributed by atoms with Crippen LogP contribution >= 0.6 is 0 Å². The van der Waals surface area contributed by atoms with Crippen molar-refractivity contribution in [3.63, 3.8) is 0 Å². The van der Waals surface area contributed by atoms with Crippen LogP contribution in [0.15, 0.2) is 60.8 Å². The first kappa shape index (κ1) is 17.6. The number of aromatic amines is 1. The Hall–Kier alpha value is -2.81. The molecule has 138 valence electrons. The van der Waals surface area contributed by atoms with E-state index in [0.717, 1.165) is 32.4 Å². The molecule has 2 aromatic carbocycles. The Morgan fingerprint density at radius 1 is 1.11 bits per heavy atom. The number of carbonyl (C=O) groups excluding carboxylic acids is 1. The molecule has 0 radical (unpaired) electrons. The predicted octanol–water partition coefficient (Wildman–Crippen LogP) is 5.11. The second-order valence-corrected chi connectivity index (χ2v) is 7.35. The van der Waals surface area contributed by atoms with Crippen molar-refractivity contribution in [3.8, 4) is 0 Å². The smallest absolute Gasteiger partial charge is 0.222 e. The molecule has 4 rings (SSSR count). The zero-order valence-electron chi connectivity index (χ0n) is 15.9. The van der Waals surface area contributed by atoms with Crippen molar-refractivity contribution in [2.75, 3.05) is 13.1 Å². The van der Waals surface area contributed by atoms with Gasteiger partial charge in [-0.25, -0.2) is 0 Å². The number of para-hydroxylation sites is 1. The lowest BCUT2D eigenvalue weighted by Crippen LogP contribution is -2.34. The van der Waals surface area contributed by atoms with Crippen molar-refractivity contribution in [1.29, 1.82) is 0 Å². The van der Waals surface area contributed by atoms with Crippen LogP contribution in [0.2, 0.25) is 0 Å². The van der Waals surface area contributed by atoms with Crippen LogP contribution in [0, 0.1) is 6.92 Å². The number of rotatable bonds is 5. The molecule has 0 atom stereocenters. The molecule has 0 fully saturated rings. The van der Waals surface area contributed by atoms with E-state index < -0.39 is 0 Å². The molecule has 1 N–H and O–H groups in total. The SMILES string of the molecule is Cc1cccc2c(CCCC(=O)N3CC=C(c4ccccc4)CC3)c[nH]c12. The third-order valence-corrected chi connectivity index (χ3v) is 5.55. The van der Waals surface area contributed by atoms with E-state index >= 15 is 0 Å². The summed E-state index contributed by atoms with van der Waals surface area (Å²) in [6.07, 6.45) is 7.70. The lowest BCUT2D eigenvalue weighted by atomic mass is 9.99. The molecule has 0 saturated heterocycles. The van der Waals surface area contributed by atoms with Crippen LogP contribution < -0.4 is 0 Å². The Morgan fingerprint density at radius 2 is 1.96 bits per heavy atom. The van der Waals surface area contributed by atoms with Crippen LogP contribution in [0.1, 0.15) is 36.0 Å². The number of nitrogens with zero attached hydrogens (tertiary/aromatic N) is 1. The highest BCUT2D eigenvalue weighted by Crippen LogP contribution is 2.24. The van der Waals surface area contributed by atoms with E-state index in [9.17, 15) is 4.79 Å². The van der Waals surface area contributed by atoms with Crippen molar-refractivity contribution in [3.05, 3.63) is 77.5 Å². The number of aromatic nitrogens is 1. The summed E-state index contributed by atoms with van der Waals surface area (Å²) >= 11 is 0. The average molecular weight is 358 g/mol. The Labute approximate surface area is 160 Å². The van der Waals surface area contributed by atoms with Crippen molar-refractivity contribution < 1.29 is 4.79 Å². The molecule has 1 aliphatic heterocycles. The summed E-state index contributed by atoms with van der Waals surface area (Å²) in [7, 11) is 0. The summed E-state index contributed by atoms with van der Waals surface area (Å²) in [5.74, 6) is 0.273. The van der Waals surface area contributed by atoms with Crippen molar-refractivity contribution in [1.82, 2.24) is 9.88 Å². The minimum absolute atomic E-state index is 0.273. The number of aryl methyl sites for hydroxylation is 2. The highest BCUT2D eigenvalue weighted by atomic mass is 16.2. The molecule has 27 heavy (non-hydrogen) atoms. The van der Waals surface area contributed by atoms with E-state index in [-0.39, 0.29) is 5.91 Å². The maximum Gasteiger partial charge on any atom is 0.222 e. The molecule has 0 saturated carbocycles. The van der Waals surface area contributed by atoms with E-state index in [1.807, 2.05) is 11.0 Å². The van der Waals surface area contributed by atoms with Crippen molar-refractivity contribution in [2.45, 2.75) is 32.6 Å². The molecule has 1 aromatic heterocycles. The monoisotopic (exact) mass is 358 g/mol. The molecule has 0 spiro atoms. The highest BCUT2D eigenvalue weighted by molar-refractivity contribution is 5.86. The third-order valence-electron chi connectivity index (χ3n) is 5.55. The number of carbonyl (C=O) groups is 1. The summed E-state index contributed by atoms with van der Waals surface area (Å²) in [4.78, 5) is 17.9. The van der Waals surface area contributed by atoms with Gasteiger partial charge in [0.05, 0.1) is 0 Å². The van der Waals surface area contributed by atoms with Crippen LogP contribution in [0.25, 0.3) is 16.5 Å². The van der Waals surface area contributed by atoms with Gasteiger partial charge >= 0.3 is 0 Å². The molecule has 3 heteroatoms. The molecule has 0 bridgehead atoms. The van der Waals surface area contributed by atoms with Crippen molar-refractivity contribution >= 4 is 22.4 Å². The van der Waals surface area contributed by atoms with Gasteiger partial charge in [0.25, 0.3) is 0 Å². The van der Waals surface area contributed by atoms with E-state index in [0.29, 0.717) is 6.42 Å². The van der Waals surface area contributed by atoms with Crippen molar-refractivity contribution in [2.24, 2.45) is 0 Å². The van der Waals surface area contributed by atoms with Crippen LogP contribution in [-0.4, -0.2) is 28.9 Å². The van der Waals surface area contributed by atoms with Gasteiger partial charge in [-0.05, 0) is 48.4 Å². The molecule has 1 amide bonds. The van der Waals surface area contributed by atoms with E-state index in [1.165, 1.54) is 33.2 Å². The minimum Gasteiger partial charge on any atom is -0.361 e. The minimum atomic E-state index is 0.273. The van der Waals surface area contributed by atoms with Gasteiger partial charge in [-0.15, -0.1) is 0 Å². The fourth-order valence-electron chi connectivity index (χ4n) is 3.97. The van der Waals surface area contributed by atoms with Gasteiger partial charge in [-0.2, -0.15) is 0 Å². The molecule has 0 unspecified atom stereocenters. The van der Waals surface area contributed by atoms with Crippen LogP contribution in [0.5, 0.6) is 0 Å². The summed E-state index contributed by atoms with van der Waals surface area (Å²) in [6, 6.07) is 16.9. The Bertz CT molecular complexity index is 968. The van der Waals surface area contributed by atoms with E-state index in [1.54, 1.807) is 0 Å². The topological polar surface area (TPSA) is 36.1 Å². The van der Waals surface area contributed by atoms with Gasteiger partial charge in [-0.3, -0.25) is 4.79 Å². The van der Waals surface area contributed by atoms with E-state index in [2.05, 4.69) is 66.6 Å². The Balaban J connectivity index is 1.31.